The summed E-state index contributed by atoms with van der Waals surface area (Å²) in [6.45, 7) is 4.74. The van der Waals surface area contributed by atoms with Gasteiger partial charge in [-0.25, -0.2) is 14.4 Å². The van der Waals surface area contributed by atoms with Crippen LogP contribution in [0, 0.1) is 5.82 Å². The van der Waals surface area contributed by atoms with Crippen LogP contribution in [0.25, 0.3) is 10.9 Å². The van der Waals surface area contributed by atoms with E-state index in [1.54, 1.807) is 19.3 Å². The normalized spacial score (nSPS) is 11.5. The second-order valence-electron chi connectivity index (χ2n) is 8.39. The molecule has 0 unspecified atom stereocenters. The third kappa shape index (κ3) is 7.98. The van der Waals surface area contributed by atoms with E-state index >= 15 is 0 Å². The molecule has 0 fully saturated rings. The molecule has 1 aromatic heterocycles. The molecule has 2 aromatic carbocycles. The molecule has 1 N–H and O–H groups in total. The second kappa shape index (κ2) is 13.9. The van der Waals surface area contributed by atoms with Crippen molar-refractivity contribution >= 4 is 39.8 Å². The fourth-order valence-corrected chi connectivity index (χ4v) is 3.88. The minimum Gasteiger partial charge on any atom is -0.494 e. The van der Waals surface area contributed by atoms with Crippen LogP contribution >= 0.6 is 11.6 Å². The average molecular weight is 515 g/mol. The standard InChI is InChI=1S/C27H32ClFN4O3/c1-4-36-26-17-25-22(27(31-18-30-25)32-20-9-10-24(29)23(28)16-20)15-19(26)14-21(34)8-7-12-33(2)11-5-6-13-35-3/h7-10,15-18H,4-6,11-14H2,1-3H3,(H,30,31,32)/b8-7+. The van der Waals surface area contributed by atoms with Crippen LogP contribution in [-0.4, -0.2) is 61.1 Å². The van der Waals surface area contributed by atoms with E-state index in [4.69, 9.17) is 21.1 Å². The molecular formula is C27H32ClFN4O3. The number of fused-ring (bicyclic) bond motifs is 1. The largest absolute Gasteiger partial charge is 0.494 e. The maximum absolute atomic E-state index is 13.6. The van der Waals surface area contributed by atoms with Crippen LogP contribution in [0.4, 0.5) is 15.9 Å². The van der Waals surface area contributed by atoms with Gasteiger partial charge in [-0.2, -0.15) is 0 Å². The number of ether oxygens (including phenoxy) is 2. The molecule has 36 heavy (non-hydrogen) atoms. The first-order valence-corrected chi connectivity index (χ1v) is 12.3. The van der Waals surface area contributed by atoms with E-state index in [0.29, 0.717) is 41.3 Å². The van der Waals surface area contributed by atoms with E-state index < -0.39 is 5.82 Å². The highest BCUT2D eigenvalue weighted by Gasteiger charge is 2.14. The Bertz CT molecular complexity index is 1210. The van der Waals surface area contributed by atoms with E-state index in [-0.39, 0.29) is 17.2 Å². The molecule has 0 aliphatic rings. The van der Waals surface area contributed by atoms with Crippen LogP contribution in [0.15, 0.2) is 48.8 Å². The Morgan fingerprint density at radius 1 is 1.22 bits per heavy atom. The molecule has 0 bridgehead atoms. The van der Waals surface area contributed by atoms with Crippen LogP contribution < -0.4 is 10.1 Å². The summed E-state index contributed by atoms with van der Waals surface area (Å²) in [6.07, 6.45) is 7.17. The summed E-state index contributed by atoms with van der Waals surface area (Å²) in [5.74, 6) is 0.601. The van der Waals surface area contributed by atoms with Crippen molar-refractivity contribution in [2.45, 2.75) is 26.2 Å². The van der Waals surface area contributed by atoms with Crippen molar-refractivity contribution in [3.63, 3.8) is 0 Å². The lowest BCUT2D eigenvalue weighted by Crippen LogP contribution is -2.20. The number of hydrogen-bond acceptors (Lipinski definition) is 7. The zero-order valence-electron chi connectivity index (χ0n) is 20.9. The molecule has 0 atom stereocenters. The average Bonchev–Trinajstić information content (AvgIpc) is 2.85. The number of allylic oxidation sites excluding steroid dienone is 1. The number of unbranched alkanes of at least 4 members (excludes halogenated alkanes) is 1. The topological polar surface area (TPSA) is 76.6 Å². The van der Waals surface area contributed by atoms with Gasteiger partial charge in [0.05, 0.1) is 17.1 Å². The number of anilines is 2. The first-order chi connectivity index (χ1) is 17.4. The molecular weight excluding hydrogens is 483 g/mol. The number of carbonyl (C=O) groups is 1. The van der Waals surface area contributed by atoms with Crippen LogP contribution in [-0.2, 0) is 16.0 Å². The molecule has 0 radical (unpaired) electrons. The lowest BCUT2D eigenvalue weighted by molar-refractivity contribution is -0.114. The maximum Gasteiger partial charge on any atom is 0.159 e. The van der Waals surface area contributed by atoms with Crippen LogP contribution in [0.1, 0.15) is 25.3 Å². The number of aromatic nitrogens is 2. The zero-order valence-corrected chi connectivity index (χ0v) is 21.6. The van der Waals surface area contributed by atoms with Crippen molar-refractivity contribution in [3.8, 4) is 5.75 Å². The third-order valence-electron chi connectivity index (χ3n) is 5.52. The van der Waals surface area contributed by atoms with Gasteiger partial charge in [0.25, 0.3) is 0 Å². The first kappa shape index (κ1) is 27.5. The van der Waals surface area contributed by atoms with Crippen LogP contribution in [0.5, 0.6) is 5.75 Å². The smallest absolute Gasteiger partial charge is 0.159 e. The number of nitrogens with zero attached hydrogens (tertiary/aromatic N) is 3. The minimum atomic E-state index is -0.498. The van der Waals surface area contributed by atoms with E-state index in [2.05, 4.69) is 20.2 Å². The van der Waals surface area contributed by atoms with Gasteiger partial charge < -0.3 is 19.7 Å². The second-order valence-corrected chi connectivity index (χ2v) is 8.80. The Balaban J connectivity index is 1.76. The molecule has 7 nitrogen and oxygen atoms in total. The summed E-state index contributed by atoms with van der Waals surface area (Å²) in [6, 6.07) is 8.02. The van der Waals surface area contributed by atoms with Crippen molar-refractivity contribution in [1.82, 2.24) is 14.9 Å². The number of hydrogen-bond donors (Lipinski definition) is 1. The van der Waals surface area contributed by atoms with Crippen LogP contribution in [0.2, 0.25) is 5.02 Å². The van der Waals surface area contributed by atoms with Gasteiger partial charge >= 0.3 is 0 Å². The fourth-order valence-electron chi connectivity index (χ4n) is 3.70. The van der Waals surface area contributed by atoms with Gasteiger partial charge in [-0.1, -0.05) is 17.7 Å². The Morgan fingerprint density at radius 2 is 2.06 bits per heavy atom. The fraction of sp³-hybridized carbons (Fsp3) is 0.370. The molecule has 192 valence electrons. The predicted octanol–water partition coefficient (Wildman–Crippen LogP) is 5.59. The lowest BCUT2D eigenvalue weighted by Gasteiger charge is -2.14. The maximum atomic E-state index is 13.6. The highest BCUT2D eigenvalue weighted by atomic mass is 35.5. The molecule has 0 aliphatic carbocycles. The van der Waals surface area contributed by atoms with Gasteiger partial charge in [0, 0.05) is 49.4 Å². The molecule has 3 aromatic rings. The summed E-state index contributed by atoms with van der Waals surface area (Å²) in [4.78, 5) is 23.6. The first-order valence-electron chi connectivity index (χ1n) is 11.9. The Hall–Kier alpha value is -3.07. The number of ketones is 1. The third-order valence-corrected chi connectivity index (χ3v) is 5.81. The van der Waals surface area contributed by atoms with Gasteiger partial charge in [0.1, 0.15) is 23.7 Å². The molecule has 0 aliphatic heterocycles. The van der Waals surface area contributed by atoms with Crippen molar-refractivity contribution in [1.29, 1.82) is 0 Å². The Kier molecular flexibility index (Phi) is 10.6. The van der Waals surface area contributed by atoms with Crippen LogP contribution in [0.3, 0.4) is 0 Å². The summed E-state index contributed by atoms with van der Waals surface area (Å²) in [5.41, 5.74) is 1.98. The molecule has 0 amide bonds. The number of carbonyl (C=O) groups excluding carboxylic acids is 1. The quantitative estimate of drug-likeness (QED) is 0.222. The van der Waals surface area contributed by atoms with Gasteiger partial charge in [0.15, 0.2) is 5.78 Å². The van der Waals surface area contributed by atoms with Crippen molar-refractivity contribution in [2.75, 3.05) is 45.8 Å². The van der Waals surface area contributed by atoms with E-state index in [9.17, 15) is 9.18 Å². The van der Waals surface area contributed by atoms with Gasteiger partial charge in [-0.05, 0) is 63.7 Å². The lowest BCUT2D eigenvalue weighted by atomic mass is 10.0. The monoisotopic (exact) mass is 514 g/mol. The number of benzene rings is 2. The molecule has 0 saturated carbocycles. The van der Waals surface area contributed by atoms with Crippen molar-refractivity contribution < 1.29 is 18.7 Å². The molecule has 1 heterocycles. The Labute approximate surface area is 216 Å². The van der Waals surface area contributed by atoms with Crippen molar-refractivity contribution in [3.05, 3.63) is 65.2 Å². The minimum absolute atomic E-state index is 0.00990. The van der Waals surface area contributed by atoms with Gasteiger partial charge in [-0.3, -0.25) is 4.79 Å². The predicted molar refractivity (Wildman–Crippen MR) is 142 cm³/mol. The molecule has 0 spiro atoms. The van der Waals surface area contributed by atoms with E-state index in [0.717, 1.165) is 31.6 Å². The zero-order chi connectivity index (χ0) is 25.9. The number of rotatable bonds is 14. The van der Waals surface area contributed by atoms with E-state index in [1.165, 1.54) is 18.5 Å². The SMILES string of the molecule is CCOc1cc2ncnc(Nc3ccc(F)c(Cl)c3)c2cc1CC(=O)/C=C/CN(C)CCCCOC. The summed E-state index contributed by atoms with van der Waals surface area (Å²) in [7, 11) is 3.73. The van der Waals surface area contributed by atoms with E-state index in [1.807, 2.05) is 32.2 Å². The molecule has 3 rings (SSSR count). The highest BCUT2D eigenvalue weighted by molar-refractivity contribution is 6.31. The summed E-state index contributed by atoms with van der Waals surface area (Å²) < 4.78 is 24.4. The number of likely N-dealkylation sites (N-methyl/N-ethyl adjacent to an activating group) is 1. The highest BCUT2D eigenvalue weighted by Crippen LogP contribution is 2.31. The number of halogens is 2. The number of nitrogens with one attached hydrogen (secondary N) is 1. The van der Waals surface area contributed by atoms with Gasteiger partial charge in [-0.15, -0.1) is 0 Å². The van der Waals surface area contributed by atoms with Gasteiger partial charge in [0.2, 0.25) is 0 Å². The molecule has 0 saturated heterocycles. The van der Waals surface area contributed by atoms with Crippen molar-refractivity contribution in [2.24, 2.45) is 0 Å². The summed E-state index contributed by atoms with van der Waals surface area (Å²) in [5, 5.41) is 3.88. The molecule has 9 heteroatoms. The number of methoxy groups -OCH3 is 1. The Morgan fingerprint density at radius 3 is 2.81 bits per heavy atom. The summed E-state index contributed by atoms with van der Waals surface area (Å²) >= 11 is 5.92.